The van der Waals surface area contributed by atoms with Crippen LogP contribution in [0.25, 0.3) is 0 Å². The van der Waals surface area contributed by atoms with Gasteiger partial charge in [0.25, 0.3) is 0 Å². The van der Waals surface area contributed by atoms with Crippen LogP contribution in [0.1, 0.15) is 12.0 Å². The summed E-state index contributed by atoms with van der Waals surface area (Å²) in [6.45, 7) is 3.51. The van der Waals surface area contributed by atoms with E-state index in [9.17, 15) is 4.79 Å². The zero-order valence-corrected chi connectivity index (χ0v) is 10.0. The zero-order valence-electron chi connectivity index (χ0n) is 10.0. The summed E-state index contributed by atoms with van der Waals surface area (Å²) >= 11 is 0. The van der Waals surface area contributed by atoms with Gasteiger partial charge >= 0.3 is 0 Å². The molecule has 0 spiro atoms. The lowest BCUT2D eigenvalue weighted by atomic mass is 10.1. The van der Waals surface area contributed by atoms with Crippen molar-refractivity contribution in [3.05, 3.63) is 29.8 Å². The highest BCUT2D eigenvalue weighted by atomic mass is 16.3. The molecule has 1 saturated heterocycles. The number of carbonyl (C=O) groups excluding carboxylic acids is 1. The predicted molar refractivity (Wildman–Crippen MR) is 67.0 cm³/mol. The first-order valence-corrected chi connectivity index (χ1v) is 5.94. The molecule has 1 heterocycles. The number of rotatable bonds is 3. The van der Waals surface area contributed by atoms with E-state index in [1.807, 2.05) is 31.2 Å². The van der Waals surface area contributed by atoms with E-state index in [0.29, 0.717) is 13.0 Å². The second-order valence-corrected chi connectivity index (χ2v) is 4.34. The van der Waals surface area contributed by atoms with Gasteiger partial charge in [-0.15, -0.1) is 0 Å². The van der Waals surface area contributed by atoms with Crippen molar-refractivity contribution in [1.29, 1.82) is 0 Å². The van der Waals surface area contributed by atoms with E-state index in [4.69, 9.17) is 5.11 Å². The van der Waals surface area contributed by atoms with Crippen LogP contribution in [-0.4, -0.2) is 36.8 Å². The smallest absolute Gasteiger partial charge is 0.244 e. The fourth-order valence-electron chi connectivity index (χ4n) is 2.07. The van der Waals surface area contributed by atoms with Crippen LogP contribution in [0, 0.1) is 6.92 Å². The van der Waals surface area contributed by atoms with E-state index in [2.05, 4.69) is 5.32 Å². The van der Waals surface area contributed by atoms with Crippen LogP contribution in [0.4, 0.5) is 5.69 Å². The second kappa shape index (κ2) is 5.29. The van der Waals surface area contributed by atoms with Gasteiger partial charge in [-0.05, 0) is 25.5 Å². The van der Waals surface area contributed by atoms with Gasteiger partial charge in [0, 0.05) is 25.4 Å². The van der Waals surface area contributed by atoms with Crippen LogP contribution in [0.2, 0.25) is 0 Å². The zero-order chi connectivity index (χ0) is 12.3. The maximum absolute atomic E-state index is 12.2. The van der Waals surface area contributed by atoms with Crippen LogP contribution in [0.5, 0.6) is 0 Å². The molecule has 92 valence electrons. The number of benzene rings is 1. The van der Waals surface area contributed by atoms with Gasteiger partial charge in [-0.3, -0.25) is 4.79 Å². The van der Waals surface area contributed by atoms with Crippen LogP contribution in [-0.2, 0) is 4.79 Å². The average molecular weight is 234 g/mol. The van der Waals surface area contributed by atoms with E-state index < -0.39 is 0 Å². The van der Waals surface area contributed by atoms with E-state index in [1.54, 1.807) is 4.90 Å². The number of aryl methyl sites for hydroxylation is 1. The molecule has 2 rings (SSSR count). The third-order valence-electron chi connectivity index (χ3n) is 3.05. The molecule has 17 heavy (non-hydrogen) atoms. The fourth-order valence-corrected chi connectivity index (χ4v) is 2.07. The van der Waals surface area contributed by atoms with Gasteiger partial charge < -0.3 is 15.3 Å². The molecule has 0 radical (unpaired) electrons. The topological polar surface area (TPSA) is 52.6 Å². The van der Waals surface area contributed by atoms with Gasteiger partial charge in [0.05, 0.1) is 6.04 Å². The molecule has 1 fully saturated rings. The number of carbonyl (C=O) groups is 1. The van der Waals surface area contributed by atoms with Gasteiger partial charge in [0.1, 0.15) is 0 Å². The van der Waals surface area contributed by atoms with Gasteiger partial charge in [0.2, 0.25) is 5.91 Å². The number of aliphatic hydroxyl groups is 1. The minimum Gasteiger partial charge on any atom is -0.396 e. The molecule has 1 amide bonds. The lowest BCUT2D eigenvalue weighted by Gasteiger charge is -2.33. The van der Waals surface area contributed by atoms with Gasteiger partial charge in [0.15, 0.2) is 0 Å². The number of nitrogens with one attached hydrogen (secondary N) is 1. The van der Waals surface area contributed by atoms with E-state index >= 15 is 0 Å². The molecule has 4 heteroatoms. The summed E-state index contributed by atoms with van der Waals surface area (Å²) in [6, 6.07) is 7.69. The largest absolute Gasteiger partial charge is 0.396 e. The van der Waals surface area contributed by atoms with Crippen LogP contribution < -0.4 is 10.2 Å². The molecular weight excluding hydrogens is 216 g/mol. The Morgan fingerprint density at radius 1 is 1.41 bits per heavy atom. The standard InChI is InChI=1S/C13H18N2O2/c1-10-2-4-11(5-3-10)15-8-7-14-12(6-9-16)13(15)17/h2-5,12,14,16H,6-9H2,1H3. The number of piperazine rings is 1. The van der Waals surface area contributed by atoms with Crippen LogP contribution >= 0.6 is 0 Å². The number of hydrogen-bond acceptors (Lipinski definition) is 3. The molecular formula is C13H18N2O2. The molecule has 1 aromatic carbocycles. The summed E-state index contributed by atoms with van der Waals surface area (Å²) in [5, 5.41) is 12.0. The Balaban J connectivity index is 2.14. The molecule has 1 aliphatic rings. The third kappa shape index (κ3) is 2.65. The summed E-state index contributed by atoms with van der Waals surface area (Å²) in [5.41, 5.74) is 2.12. The van der Waals surface area contributed by atoms with E-state index in [1.165, 1.54) is 5.56 Å². The van der Waals surface area contributed by atoms with Crippen molar-refractivity contribution < 1.29 is 9.90 Å². The van der Waals surface area contributed by atoms with Crippen LogP contribution in [0.3, 0.4) is 0 Å². The monoisotopic (exact) mass is 234 g/mol. The normalized spacial score (nSPS) is 20.7. The Morgan fingerprint density at radius 2 is 2.12 bits per heavy atom. The highest BCUT2D eigenvalue weighted by Crippen LogP contribution is 2.18. The maximum atomic E-state index is 12.2. The van der Waals surface area contributed by atoms with Crippen molar-refractivity contribution in [2.24, 2.45) is 0 Å². The number of hydrogen-bond donors (Lipinski definition) is 2. The summed E-state index contributed by atoms with van der Waals surface area (Å²) in [6.07, 6.45) is 0.473. The molecule has 1 aliphatic heterocycles. The Kier molecular flexibility index (Phi) is 3.76. The minimum atomic E-state index is -0.255. The second-order valence-electron chi connectivity index (χ2n) is 4.34. The van der Waals surface area contributed by atoms with E-state index in [0.717, 1.165) is 12.2 Å². The lowest BCUT2D eigenvalue weighted by molar-refractivity contribution is -0.122. The van der Waals surface area contributed by atoms with Gasteiger partial charge in [-0.25, -0.2) is 0 Å². The molecule has 1 unspecified atom stereocenters. The molecule has 1 aromatic rings. The SMILES string of the molecule is Cc1ccc(N2CCNC(CCO)C2=O)cc1. The van der Waals surface area contributed by atoms with Crippen molar-refractivity contribution in [3.63, 3.8) is 0 Å². The number of aliphatic hydroxyl groups excluding tert-OH is 1. The van der Waals surface area contributed by atoms with Crippen LogP contribution in [0.15, 0.2) is 24.3 Å². The summed E-state index contributed by atoms with van der Waals surface area (Å²) in [7, 11) is 0. The molecule has 0 bridgehead atoms. The summed E-state index contributed by atoms with van der Waals surface area (Å²) in [5.74, 6) is 0.0501. The maximum Gasteiger partial charge on any atom is 0.244 e. The number of nitrogens with zero attached hydrogens (tertiary/aromatic N) is 1. The van der Waals surface area contributed by atoms with Crippen molar-refractivity contribution in [3.8, 4) is 0 Å². The first-order valence-electron chi connectivity index (χ1n) is 5.94. The van der Waals surface area contributed by atoms with Crippen molar-refractivity contribution >= 4 is 11.6 Å². The molecule has 0 saturated carbocycles. The Morgan fingerprint density at radius 3 is 2.76 bits per heavy atom. The summed E-state index contributed by atoms with van der Waals surface area (Å²) < 4.78 is 0. The third-order valence-corrected chi connectivity index (χ3v) is 3.05. The van der Waals surface area contributed by atoms with E-state index in [-0.39, 0.29) is 18.6 Å². The Hall–Kier alpha value is -1.39. The minimum absolute atomic E-state index is 0.0329. The fraction of sp³-hybridized carbons (Fsp3) is 0.462. The molecule has 4 nitrogen and oxygen atoms in total. The van der Waals surface area contributed by atoms with Crippen molar-refractivity contribution in [2.45, 2.75) is 19.4 Å². The number of anilines is 1. The quantitative estimate of drug-likeness (QED) is 0.808. The lowest BCUT2D eigenvalue weighted by Crippen LogP contribution is -2.55. The Labute approximate surface area is 101 Å². The Bertz CT molecular complexity index is 387. The molecule has 2 N–H and O–H groups in total. The van der Waals surface area contributed by atoms with Gasteiger partial charge in [-0.1, -0.05) is 17.7 Å². The molecule has 1 atom stereocenters. The average Bonchev–Trinajstić information content (AvgIpc) is 2.34. The highest BCUT2D eigenvalue weighted by molar-refractivity contribution is 5.97. The molecule has 0 aliphatic carbocycles. The first-order chi connectivity index (χ1) is 8.22. The highest BCUT2D eigenvalue weighted by Gasteiger charge is 2.28. The number of amides is 1. The summed E-state index contributed by atoms with van der Waals surface area (Å²) in [4.78, 5) is 13.9. The van der Waals surface area contributed by atoms with Crippen molar-refractivity contribution in [1.82, 2.24) is 5.32 Å². The predicted octanol–water partition coefficient (Wildman–Crippen LogP) is 0.682. The first kappa shape index (κ1) is 12.1. The van der Waals surface area contributed by atoms with Gasteiger partial charge in [-0.2, -0.15) is 0 Å². The molecule has 0 aromatic heterocycles. The van der Waals surface area contributed by atoms with Crippen molar-refractivity contribution in [2.75, 3.05) is 24.6 Å².